The topological polar surface area (TPSA) is 662 Å². The van der Waals surface area contributed by atoms with Crippen molar-refractivity contribution in [2.45, 2.75) is 51.3 Å². The second-order valence-corrected chi connectivity index (χ2v) is 31.0. The van der Waals surface area contributed by atoms with Gasteiger partial charge >= 0.3 is 18.5 Å². The lowest BCUT2D eigenvalue weighted by Crippen LogP contribution is -2.11. The molecule has 20 rings (SSSR count). The first-order chi connectivity index (χ1) is 68.9. The van der Waals surface area contributed by atoms with Gasteiger partial charge in [-0.3, -0.25) is 4.98 Å². The van der Waals surface area contributed by atoms with Gasteiger partial charge in [0.2, 0.25) is 29.7 Å². The summed E-state index contributed by atoms with van der Waals surface area (Å²) in [6.07, 6.45) is -0.146. The molecule has 0 saturated carbocycles. The van der Waals surface area contributed by atoms with Crippen molar-refractivity contribution in [3.63, 3.8) is 0 Å². The van der Waals surface area contributed by atoms with Crippen LogP contribution < -0.4 is 57.3 Å². The highest BCUT2D eigenvalue weighted by Gasteiger charge is 2.36. The number of hydrogen-bond donors (Lipinski definition) is 10. The molecule has 0 amide bonds. The molecule has 0 fully saturated rings. The molecule has 0 saturated heterocycles. The Morgan fingerprint density at radius 1 is 0.285 bits per heavy atom. The van der Waals surface area contributed by atoms with Gasteiger partial charge < -0.3 is 57.3 Å². The molecule has 144 heavy (non-hydrogen) atoms. The lowest BCUT2D eigenvalue weighted by Gasteiger charge is -2.12. The second kappa shape index (κ2) is 39.9. The largest absolute Gasteiger partial charge is 0.418 e. The third-order valence-electron chi connectivity index (χ3n) is 21.3. The number of hydrogen-bond acceptors (Lipinski definition) is 35. The lowest BCUT2D eigenvalue weighted by atomic mass is 10.1. The van der Waals surface area contributed by atoms with Crippen molar-refractivity contribution in [1.29, 1.82) is 26.3 Å². The number of benzene rings is 5. The molecule has 51 heteroatoms. The molecule has 15 heterocycles. The number of nitrogen functional groups attached to an aromatic ring is 10. The van der Waals surface area contributed by atoms with Gasteiger partial charge in [-0.1, -0.05) is 42.5 Å². The van der Waals surface area contributed by atoms with Crippen LogP contribution in [0.2, 0.25) is 0 Å². The van der Waals surface area contributed by atoms with Crippen LogP contribution in [0, 0.1) is 68.3 Å². The van der Waals surface area contributed by atoms with Crippen LogP contribution in [-0.4, -0.2) is 124 Å². The van der Waals surface area contributed by atoms with Crippen molar-refractivity contribution < 1.29 is 48.3 Å². The predicted molar refractivity (Wildman–Crippen MR) is 503 cm³/mol. The number of anilines is 10. The van der Waals surface area contributed by atoms with Gasteiger partial charge in [0.25, 0.3) is 0 Å². The van der Waals surface area contributed by atoms with Crippen LogP contribution in [-0.2, 0) is 51.3 Å². The molecule has 20 aromatic rings. The Kier molecular flexibility index (Phi) is 26.7. The molecule has 5 aromatic carbocycles. The first-order valence-electron chi connectivity index (χ1n) is 41.6. The summed E-state index contributed by atoms with van der Waals surface area (Å²) in [5.41, 5.74) is 63.6. The van der Waals surface area contributed by atoms with Crippen molar-refractivity contribution in [3.05, 3.63) is 298 Å². The van der Waals surface area contributed by atoms with Crippen molar-refractivity contribution in [1.82, 2.24) is 124 Å². The van der Waals surface area contributed by atoms with Crippen LogP contribution in [0.4, 0.5) is 106 Å². The van der Waals surface area contributed by atoms with Crippen molar-refractivity contribution in [2.75, 3.05) is 57.3 Å². The maximum Gasteiger partial charge on any atom is 0.418 e. The standard InChI is InChI=1S/3C19H13F3N8.2C18H13FN8/c20-19(21,22)14-4-10(1-2-15(14)24)9-30-17-13(8-27-30)16(28-18(25)29-17)12-3-11(5-23)6-26-7-12;20-19(21,22)14-5-10(1-2-15(14)24)9-30-17-13(8-27-30)16(28-18(25)29-17)11-3-4-26-12(6-11)7-23;20-19(21,22)13-6-10(4-5-14(13)24)9-30-17-12(8-26-30)16(28-18(25)29-17)15-3-1-2-11(7-23)27-15;19-15-6-12(21)2-1-11(15)9-27-17-14(8-24-27)16(25-18(22)26-17)10-3-4-23-13(5-10)7-20;19-14-6-11(21)5-4-10(14)9-27-17-13(8-23-27)16(25-18(22)26-17)15-3-1-2-12(7-20)24-15/h1-4,6-8H,9,24H2,(H2,25,28,29);2*1-6,8H,9,24H2,(H2,25,28,29);2*1-6,8H,9,21H2,(H2,22,25,26). The Labute approximate surface area is 801 Å². The first kappa shape index (κ1) is 96.4. The van der Waals surface area contributed by atoms with Crippen LogP contribution in [0.1, 0.15) is 72.8 Å². The molecule has 0 unspecified atom stereocenters. The van der Waals surface area contributed by atoms with Gasteiger partial charge in [-0.2, -0.15) is 116 Å². The van der Waals surface area contributed by atoms with Crippen molar-refractivity contribution in [3.8, 4) is 86.9 Å². The van der Waals surface area contributed by atoms with E-state index in [-0.39, 0.29) is 102 Å². The maximum atomic E-state index is 14.1. The minimum absolute atomic E-state index is 0.00835. The molecule has 20 N–H and O–H groups in total. The Morgan fingerprint density at radius 3 is 0.910 bits per heavy atom. The fourth-order valence-corrected chi connectivity index (χ4v) is 14.7. The first-order valence-corrected chi connectivity index (χ1v) is 41.6. The average molecular weight is 1950 g/mol. The zero-order chi connectivity index (χ0) is 102. The number of halogens is 11. The van der Waals surface area contributed by atoms with Crippen molar-refractivity contribution >= 4 is 113 Å². The average Bonchev–Trinajstić information content (AvgIpc) is 1.60. The van der Waals surface area contributed by atoms with E-state index in [2.05, 4.69) is 100 Å². The third kappa shape index (κ3) is 21.3. The summed E-state index contributed by atoms with van der Waals surface area (Å²) in [4.78, 5) is 62.6. The summed E-state index contributed by atoms with van der Waals surface area (Å²) in [5.74, 6) is -0.916. The van der Waals surface area contributed by atoms with Gasteiger partial charge in [-0.25, -0.2) is 77.0 Å². The Hall–Kier alpha value is -20.7. The number of aromatic nitrogens is 25. The number of fused-ring (bicyclic) bond motifs is 5. The molecule has 0 bridgehead atoms. The predicted octanol–water partition coefficient (Wildman–Crippen LogP) is 13.2. The van der Waals surface area contributed by atoms with Crippen LogP contribution in [0.5, 0.6) is 0 Å². The Balaban J connectivity index is 0.000000129. The fraction of sp³-hybridized carbons (Fsp3) is 0.0860. The number of nitrogens with zero attached hydrogens (tertiary/aromatic N) is 30. The third-order valence-corrected chi connectivity index (χ3v) is 21.3. The zero-order valence-corrected chi connectivity index (χ0v) is 73.6. The van der Waals surface area contributed by atoms with Crippen molar-refractivity contribution in [2.24, 2.45) is 0 Å². The van der Waals surface area contributed by atoms with E-state index in [9.17, 15) is 48.3 Å². The molecule has 714 valence electrons. The molecule has 15 aromatic heterocycles. The van der Waals surface area contributed by atoms with Gasteiger partial charge in [0, 0.05) is 81.0 Å². The van der Waals surface area contributed by atoms with Gasteiger partial charge in [0.05, 0.1) is 141 Å². The van der Waals surface area contributed by atoms with Crippen LogP contribution in [0.25, 0.3) is 112 Å². The quantitative estimate of drug-likeness (QED) is 0.0336. The summed E-state index contributed by atoms with van der Waals surface area (Å²) < 4.78 is 154. The molecule has 0 aliphatic heterocycles. The van der Waals surface area contributed by atoms with Gasteiger partial charge in [0.1, 0.15) is 76.1 Å². The molecular weight excluding hydrogens is 1890 g/mol. The number of pyridine rings is 5. The molecule has 0 aliphatic carbocycles. The van der Waals surface area contributed by atoms with E-state index in [4.69, 9.17) is 83.6 Å². The molecule has 0 atom stereocenters. The highest BCUT2D eigenvalue weighted by Crippen LogP contribution is 2.40. The summed E-state index contributed by atoms with van der Waals surface area (Å²) in [6, 6.07) is 47.9. The molecule has 40 nitrogen and oxygen atoms in total. The molecule has 0 spiro atoms. The van der Waals surface area contributed by atoms with E-state index in [1.54, 1.807) is 103 Å². The van der Waals surface area contributed by atoms with E-state index in [1.165, 1.54) is 115 Å². The number of rotatable bonds is 15. The smallest absolute Gasteiger partial charge is 0.399 e. The van der Waals surface area contributed by atoms with Gasteiger partial charge in [-0.15, -0.1) is 0 Å². The molecular formula is C93H65F11N40. The van der Waals surface area contributed by atoms with E-state index in [0.29, 0.717) is 156 Å². The normalized spacial score (nSPS) is 11.3. The number of nitrogens with two attached hydrogens (primary N) is 10. The van der Waals surface area contributed by atoms with E-state index < -0.39 is 46.9 Å². The Bertz CT molecular complexity index is 7950. The summed E-state index contributed by atoms with van der Waals surface area (Å²) in [6.45, 7) is 0.346. The van der Waals surface area contributed by atoms with Gasteiger partial charge in [0.15, 0.2) is 28.2 Å². The van der Waals surface area contributed by atoms with Gasteiger partial charge in [-0.05, 0) is 132 Å². The SMILES string of the molecule is N#Cc1cc(-c2nc(N)nc3c2cnn3Cc2ccc(N)c(C(F)(F)F)c2)ccn1.N#Cc1cc(-c2nc(N)nc3c2cnn3Cc2ccc(N)cc2F)ccn1.N#Cc1cccc(-c2nc(N)nc3c2cnn3Cc2ccc(N)c(C(F)(F)F)c2)n1.N#Cc1cccc(-c2nc(N)nc3c2cnn3Cc2ccc(N)cc2F)n1.N#Cc1cncc(-c2nc(N)nc3c2cnn3Cc2ccc(N)c(C(F)(F)F)c2)c1. The Morgan fingerprint density at radius 2 is 0.597 bits per heavy atom. The summed E-state index contributed by atoms with van der Waals surface area (Å²) in [5, 5.41) is 69.4. The summed E-state index contributed by atoms with van der Waals surface area (Å²) in [7, 11) is 0. The van der Waals surface area contributed by atoms with Crippen LogP contribution in [0.3, 0.4) is 0 Å². The number of alkyl halides is 9. The monoisotopic (exact) mass is 1950 g/mol. The maximum absolute atomic E-state index is 14.1. The minimum atomic E-state index is -4.57. The highest BCUT2D eigenvalue weighted by molar-refractivity contribution is 5.95. The fourth-order valence-electron chi connectivity index (χ4n) is 14.7. The second-order valence-electron chi connectivity index (χ2n) is 31.0. The van der Waals surface area contributed by atoms with E-state index in [1.807, 2.05) is 30.3 Å². The molecule has 0 radical (unpaired) electrons. The van der Waals surface area contributed by atoms with Crippen LogP contribution >= 0.6 is 0 Å². The highest BCUT2D eigenvalue weighted by atomic mass is 19.4. The number of nitriles is 5. The molecule has 0 aliphatic rings. The minimum Gasteiger partial charge on any atom is -0.399 e. The van der Waals surface area contributed by atoms with E-state index >= 15 is 0 Å². The lowest BCUT2D eigenvalue weighted by molar-refractivity contribution is -0.137. The zero-order valence-electron chi connectivity index (χ0n) is 73.6. The van der Waals surface area contributed by atoms with E-state index in [0.717, 1.165) is 18.2 Å². The summed E-state index contributed by atoms with van der Waals surface area (Å²) >= 11 is 0. The van der Waals surface area contributed by atoms with Crippen LogP contribution in [0.15, 0.2) is 213 Å².